The number of rotatable bonds is 7. The lowest BCUT2D eigenvalue weighted by Crippen LogP contribution is -2.15. The number of imidazole rings is 1. The van der Waals surface area contributed by atoms with Crippen LogP contribution in [0.25, 0.3) is 0 Å². The fourth-order valence-electron chi connectivity index (χ4n) is 2.99. The lowest BCUT2D eigenvalue weighted by atomic mass is 9.87. The van der Waals surface area contributed by atoms with Crippen LogP contribution in [0.4, 0.5) is 0 Å². The molecule has 2 aromatic carbocycles. The van der Waals surface area contributed by atoms with Crippen molar-refractivity contribution in [3.05, 3.63) is 89.0 Å². The number of hydrogen-bond donors (Lipinski definition) is 0. The summed E-state index contributed by atoms with van der Waals surface area (Å²) in [5, 5.41) is 0.524. The first-order valence-corrected chi connectivity index (χ1v) is 8.76. The lowest BCUT2D eigenvalue weighted by Gasteiger charge is -2.16. The van der Waals surface area contributed by atoms with E-state index >= 15 is 0 Å². The molecule has 1 heterocycles. The Morgan fingerprint density at radius 1 is 1.04 bits per heavy atom. The van der Waals surface area contributed by atoms with Crippen LogP contribution in [0, 0.1) is 0 Å². The number of nitrogens with zero attached hydrogens (tertiary/aromatic N) is 2. The van der Waals surface area contributed by atoms with Gasteiger partial charge in [0.25, 0.3) is 0 Å². The topological polar surface area (TPSA) is 52.0 Å². The summed E-state index contributed by atoms with van der Waals surface area (Å²) >= 11 is 5.99. The van der Waals surface area contributed by atoms with Crippen LogP contribution in [0.15, 0.2) is 67.0 Å². The molecule has 0 amide bonds. The van der Waals surface area contributed by atoms with Crippen LogP contribution in [0.2, 0.25) is 5.02 Å². The first-order valence-electron chi connectivity index (χ1n) is 8.39. The molecule has 0 fully saturated rings. The van der Waals surface area contributed by atoms with Gasteiger partial charge in [0.1, 0.15) is 0 Å². The largest absolute Gasteiger partial charge is 0.332 e. The van der Waals surface area contributed by atoms with E-state index in [0.717, 1.165) is 5.56 Å². The van der Waals surface area contributed by atoms with Crippen LogP contribution in [0.1, 0.15) is 45.3 Å². The van der Waals surface area contributed by atoms with Gasteiger partial charge in [-0.25, -0.2) is 4.98 Å². The summed E-state index contributed by atoms with van der Waals surface area (Å²) in [6.45, 7) is 0. The molecule has 0 aliphatic heterocycles. The third-order valence-electron chi connectivity index (χ3n) is 4.35. The average Bonchev–Trinajstić information content (AvgIpc) is 3.08. The summed E-state index contributed by atoms with van der Waals surface area (Å²) in [6, 6.07) is 16.5. The summed E-state index contributed by atoms with van der Waals surface area (Å²) in [5.74, 6) is 0.0762. The maximum atomic E-state index is 12.7. The molecule has 1 atom stereocenters. The van der Waals surface area contributed by atoms with E-state index in [-0.39, 0.29) is 30.3 Å². The fourth-order valence-corrected chi connectivity index (χ4v) is 3.18. The van der Waals surface area contributed by atoms with Crippen molar-refractivity contribution in [3.8, 4) is 0 Å². The van der Waals surface area contributed by atoms with E-state index in [4.69, 9.17) is 11.6 Å². The summed E-state index contributed by atoms with van der Waals surface area (Å²) in [6.07, 6.45) is 3.80. The maximum absolute atomic E-state index is 12.7. The lowest BCUT2D eigenvalue weighted by molar-refractivity contribution is 0.0937. The Balaban J connectivity index is 1.83. The fraction of sp³-hybridized carbons (Fsp3) is 0.190. The van der Waals surface area contributed by atoms with Gasteiger partial charge in [-0.3, -0.25) is 9.59 Å². The predicted molar refractivity (Wildman–Crippen MR) is 102 cm³/mol. The minimum absolute atomic E-state index is 0.0333. The zero-order chi connectivity index (χ0) is 18.5. The standard InChI is InChI=1S/C21H19ClN2O2/c1-24-11-10-23-21(24)20(26)14-17(15-6-3-2-4-7-15)13-19(25)16-8-5-9-18(22)12-16/h2-12,17H,13-14H2,1H3/t17-/m1/s1. The van der Waals surface area contributed by atoms with Gasteiger partial charge in [0.2, 0.25) is 0 Å². The Morgan fingerprint density at radius 2 is 1.77 bits per heavy atom. The first kappa shape index (κ1) is 18.1. The van der Waals surface area contributed by atoms with Gasteiger partial charge < -0.3 is 4.57 Å². The van der Waals surface area contributed by atoms with E-state index < -0.39 is 0 Å². The van der Waals surface area contributed by atoms with Crippen molar-refractivity contribution in [2.75, 3.05) is 0 Å². The third-order valence-corrected chi connectivity index (χ3v) is 4.59. The molecule has 0 N–H and O–H groups in total. The number of carbonyl (C=O) groups is 2. The van der Waals surface area contributed by atoms with Gasteiger partial charge in [0, 0.05) is 42.9 Å². The molecule has 3 aromatic rings. The molecule has 0 radical (unpaired) electrons. The quantitative estimate of drug-likeness (QED) is 0.569. The van der Waals surface area contributed by atoms with Gasteiger partial charge in [-0.05, 0) is 23.6 Å². The Bertz CT molecular complexity index is 919. The molecule has 1 aromatic heterocycles. The van der Waals surface area contributed by atoms with Gasteiger partial charge in [-0.1, -0.05) is 54.1 Å². The third kappa shape index (κ3) is 4.27. The van der Waals surface area contributed by atoms with Gasteiger partial charge >= 0.3 is 0 Å². The molecule has 0 aliphatic rings. The summed E-state index contributed by atoms with van der Waals surface area (Å²) in [4.78, 5) is 29.5. The second kappa shape index (κ2) is 8.11. The molecule has 4 nitrogen and oxygen atoms in total. The molecule has 5 heteroatoms. The highest BCUT2D eigenvalue weighted by molar-refractivity contribution is 6.31. The van der Waals surface area contributed by atoms with Crippen LogP contribution in [-0.2, 0) is 7.05 Å². The molecule has 132 valence electrons. The molecule has 0 spiro atoms. The smallest absolute Gasteiger partial charge is 0.198 e. The molecular formula is C21H19ClN2O2. The van der Waals surface area contributed by atoms with E-state index in [1.54, 1.807) is 48.3 Å². The monoisotopic (exact) mass is 366 g/mol. The van der Waals surface area contributed by atoms with Gasteiger partial charge in [-0.15, -0.1) is 0 Å². The number of aryl methyl sites for hydroxylation is 1. The van der Waals surface area contributed by atoms with Crippen molar-refractivity contribution >= 4 is 23.2 Å². The van der Waals surface area contributed by atoms with E-state index in [2.05, 4.69) is 4.98 Å². The second-order valence-corrected chi connectivity index (χ2v) is 6.67. The molecule has 0 saturated carbocycles. The number of benzene rings is 2. The maximum Gasteiger partial charge on any atom is 0.198 e. The Morgan fingerprint density at radius 3 is 2.42 bits per heavy atom. The minimum Gasteiger partial charge on any atom is -0.332 e. The van der Waals surface area contributed by atoms with Crippen LogP contribution >= 0.6 is 11.6 Å². The molecule has 3 rings (SSSR count). The molecule has 26 heavy (non-hydrogen) atoms. The number of Topliss-reactive ketones (excluding diaryl/α,β-unsaturated/α-hetero) is 2. The minimum atomic E-state index is -0.216. The number of ketones is 2. The van der Waals surface area contributed by atoms with Crippen molar-refractivity contribution in [1.82, 2.24) is 9.55 Å². The van der Waals surface area contributed by atoms with Crippen LogP contribution in [-0.4, -0.2) is 21.1 Å². The van der Waals surface area contributed by atoms with Crippen molar-refractivity contribution in [2.45, 2.75) is 18.8 Å². The van der Waals surface area contributed by atoms with Crippen molar-refractivity contribution < 1.29 is 9.59 Å². The number of hydrogen-bond acceptors (Lipinski definition) is 3. The van der Waals surface area contributed by atoms with Crippen molar-refractivity contribution in [2.24, 2.45) is 7.05 Å². The average molecular weight is 367 g/mol. The molecular weight excluding hydrogens is 348 g/mol. The molecule has 0 bridgehead atoms. The number of carbonyl (C=O) groups excluding carboxylic acids is 2. The molecule has 0 aliphatic carbocycles. The van der Waals surface area contributed by atoms with Crippen molar-refractivity contribution in [1.29, 1.82) is 0 Å². The second-order valence-electron chi connectivity index (χ2n) is 6.23. The zero-order valence-corrected chi connectivity index (χ0v) is 15.2. The van der Waals surface area contributed by atoms with Crippen LogP contribution < -0.4 is 0 Å². The van der Waals surface area contributed by atoms with E-state index in [1.165, 1.54) is 0 Å². The molecule has 0 saturated heterocycles. The van der Waals surface area contributed by atoms with E-state index in [0.29, 0.717) is 16.4 Å². The predicted octanol–water partition coefficient (Wildman–Crippen LogP) is 4.70. The van der Waals surface area contributed by atoms with E-state index in [9.17, 15) is 9.59 Å². The summed E-state index contributed by atoms with van der Waals surface area (Å²) in [5.41, 5.74) is 1.52. The summed E-state index contributed by atoms with van der Waals surface area (Å²) in [7, 11) is 1.79. The Kier molecular flexibility index (Phi) is 5.64. The molecule has 0 unspecified atom stereocenters. The van der Waals surface area contributed by atoms with Gasteiger partial charge in [0.05, 0.1) is 0 Å². The Labute approximate surface area is 157 Å². The van der Waals surface area contributed by atoms with Crippen molar-refractivity contribution in [3.63, 3.8) is 0 Å². The van der Waals surface area contributed by atoms with Crippen LogP contribution in [0.3, 0.4) is 0 Å². The highest BCUT2D eigenvalue weighted by Crippen LogP contribution is 2.27. The summed E-state index contributed by atoms with van der Waals surface area (Å²) < 4.78 is 1.70. The zero-order valence-electron chi connectivity index (χ0n) is 14.4. The first-order chi connectivity index (χ1) is 12.5. The van der Waals surface area contributed by atoms with E-state index in [1.807, 2.05) is 30.3 Å². The SMILES string of the molecule is Cn1ccnc1C(=O)C[C@@H](CC(=O)c1cccc(Cl)c1)c1ccccc1. The van der Waals surface area contributed by atoms with Crippen LogP contribution in [0.5, 0.6) is 0 Å². The van der Waals surface area contributed by atoms with Gasteiger partial charge in [0.15, 0.2) is 17.4 Å². The number of aromatic nitrogens is 2. The Hall–Kier alpha value is -2.72. The number of halogens is 1. The normalized spacial score (nSPS) is 11.9. The van der Waals surface area contributed by atoms with Gasteiger partial charge in [-0.2, -0.15) is 0 Å². The highest BCUT2D eigenvalue weighted by Gasteiger charge is 2.23. The highest BCUT2D eigenvalue weighted by atomic mass is 35.5.